The van der Waals surface area contributed by atoms with Crippen molar-refractivity contribution in [2.45, 2.75) is 18.9 Å². The Labute approximate surface area is 150 Å². The van der Waals surface area contributed by atoms with E-state index < -0.39 is 0 Å². The summed E-state index contributed by atoms with van der Waals surface area (Å²) in [5.41, 5.74) is 1.76. The highest BCUT2D eigenvalue weighted by molar-refractivity contribution is 5.59. The minimum Gasteiger partial charge on any atom is -0.355 e. The fourth-order valence-corrected chi connectivity index (χ4v) is 3.49. The number of fused-ring (bicyclic) bond motifs is 1. The van der Waals surface area contributed by atoms with Crippen molar-refractivity contribution in [1.82, 2.24) is 34.8 Å². The summed E-state index contributed by atoms with van der Waals surface area (Å²) in [6.45, 7) is 1.87. The van der Waals surface area contributed by atoms with Crippen LogP contribution in [0.5, 0.6) is 0 Å². The molecule has 0 spiro atoms. The highest BCUT2D eigenvalue weighted by Crippen LogP contribution is 2.25. The summed E-state index contributed by atoms with van der Waals surface area (Å²) in [6, 6.07) is 14.4. The van der Waals surface area contributed by atoms with Crippen LogP contribution in [0.25, 0.3) is 17.0 Å². The van der Waals surface area contributed by atoms with Gasteiger partial charge in [0, 0.05) is 24.8 Å². The second-order valence-corrected chi connectivity index (χ2v) is 6.45. The van der Waals surface area contributed by atoms with Crippen molar-refractivity contribution in [3.05, 3.63) is 54.9 Å². The average molecular weight is 346 g/mol. The molecule has 26 heavy (non-hydrogen) atoms. The molecule has 0 amide bonds. The molecule has 5 rings (SSSR count). The molecule has 8 heteroatoms. The monoisotopic (exact) mass is 346 g/mol. The maximum absolute atomic E-state index is 4.81. The molecule has 1 aliphatic heterocycles. The topological polar surface area (TPSA) is 77.0 Å². The van der Waals surface area contributed by atoms with Gasteiger partial charge in [-0.25, -0.2) is 4.68 Å². The van der Waals surface area contributed by atoms with Crippen LogP contribution in [0.3, 0.4) is 0 Å². The third-order valence-corrected chi connectivity index (χ3v) is 4.88. The van der Waals surface area contributed by atoms with Crippen molar-refractivity contribution in [1.29, 1.82) is 0 Å². The van der Waals surface area contributed by atoms with Crippen LogP contribution in [-0.2, 0) is 0 Å². The predicted octanol–water partition coefficient (Wildman–Crippen LogP) is 2.22. The van der Waals surface area contributed by atoms with Crippen LogP contribution >= 0.6 is 0 Å². The molecular formula is C18H18N8. The van der Waals surface area contributed by atoms with Gasteiger partial charge in [-0.2, -0.15) is 4.52 Å². The SMILES string of the molecule is c1ccc(-c2nnc3ccc(N4CCC(n5ccnn5)CC4)nn23)cc1. The molecule has 1 aliphatic rings. The molecule has 130 valence electrons. The first-order chi connectivity index (χ1) is 12.9. The lowest BCUT2D eigenvalue weighted by molar-refractivity contribution is 0.359. The number of benzene rings is 1. The standard InChI is InChI=1S/C18H18N8/c1-2-4-14(5-3-1)18-21-20-16-6-7-17(22-26(16)18)24-11-8-15(9-12-24)25-13-10-19-23-25/h1-7,10,13,15H,8-9,11-12H2. The molecule has 4 aromatic rings. The lowest BCUT2D eigenvalue weighted by Gasteiger charge is -2.32. The van der Waals surface area contributed by atoms with Crippen molar-refractivity contribution in [2.24, 2.45) is 0 Å². The van der Waals surface area contributed by atoms with Gasteiger partial charge in [0.1, 0.15) is 5.82 Å². The lowest BCUT2D eigenvalue weighted by atomic mass is 10.1. The minimum atomic E-state index is 0.410. The van der Waals surface area contributed by atoms with Crippen LogP contribution < -0.4 is 4.90 Å². The van der Waals surface area contributed by atoms with E-state index >= 15 is 0 Å². The molecule has 0 unspecified atom stereocenters. The first-order valence-corrected chi connectivity index (χ1v) is 8.77. The Morgan fingerprint density at radius 1 is 0.923 bits per heavy atom. The molecule has 0 N–H and O–H groups in total. The average Bonchev–Trinajstić information content (AvgIpc) is 3.38. The van der Waals surface area contributed by atoms with Gasteiger partial charge in [-0.3, -0.25) is 0 Å². The van der Waals surface area contributed by atoms with Crippen molar-refractivity contribution < 1.29 is 0 Å². The molecule has 0 aliphatic carbocycles. The van der Waals surface area contributed by atoms with Crippen molar-refractivity contribution in [2.75, 3.05) is 18.0 Å². The lowest BCUT2D eigenvalue weighted by Crippen LogP contribution is -2.35. The minimum absolute atomic E-state index is 0.410. The summed E-state index contributed by atoms with van der Waals surface area (Å²) in [5, 5.41) is 21.4. The van der Waals surface area contributed by atoms with E-state index in [-0.39, 0.29) is 0 Å². The second-order valence-electron chi connectivity index (χ2n) is 6.45. The van der Waals surface area contributed by atoms with Gasteiger partial charge >= 0.3 is 0 Å². The van der Waals surface area contributed by atoms with Crippen LogP contribution in [-0.4, -0.2) is 47.9 Å². The number of nitrogens with zero attached hydrogens (tertiary/aromatic N) is 8. The molecule has 0 radical (unpaired) electrons. The molecule has 3 aromatic heterocycles. The van der Waals surface area contributed by atoms with Gasteiger partial charge in [-0.15, -0.1) is 20.4 Å². The Morgan fingerprint density at radius 3 is 2.54 bits per heavy atom. The van der Waals surface area contributed by atoms with Crippen LogP contribution in [0.1, 0.15) is 18.9 Å². The zero-order chi connectivity index (χ0) is 17.3. The third kappa shape index (κ3) is 2.59. The number of rotatable bonds is 3. The molecule has 1 saturated heterocycles. The highest BCUT2D eigenvalue weighted by atomic mass is 15.4. The number of piperidine rings is 1. The zero-order valence-electron chi connectivity index (χ0n) is 14.2. The molecule has 1 aromatic carbocycles. The first-order valence-electron chi connectivity index (χ1n) is 8.77. The van der Waals surface area contributed by atoms with Gasteiger partial charge in [-0.1, -0.05) is 35.5 Å². The number of anilines is 1. The van der Waals surface area contributed by atoms with Gasteiger partial charge in [0.15, 0.2) is 11.5 Å². The number of hydrogen-bond acceptors (Lipinski definition) is 6. The Kier molecular flexibility index (Phi) is 3.59. The maximum atomic E-state index is 4.81. The Morgan fingerprint density at radius 2 is 1.77 bits per heavy atom. The summed E-state index contributed by atoms with van der Waals surface area (Å²) in [4.78, 5) is 2.31. The van der Waals surface area contributed by atoms with E-state index in [1.54, 1.807) is 6.20 Å². The predicted molar refractivity (Wildman–Crippen MR) is 96.7 cm³/mol. The zero-order valence-corrected chi connectivity index (χ0v) is 14.2. The summed E-state index contributed by atoms with van der Waals surface area (Å²) in [5.74, 6) is 1.71. The molecule has 4 heterocycles. The molecule has 0 bridgehead atoms. The van der Waals surface area contributed by atoms with Crippen LogP contribution in [0.15, 0.2) is 54.9 Å². The van der Waals surface area contributed by atoms with Gasteiger partial charge < -0.3 is 4.90 Å². The summed E-state index contributed by atoms with van der Waals surface area (Å²) < 4.78 is 3.79. The van der Waals surface area contributed by atoms with Gasteiger partial charge in [0.25, 0.3) is 0 Å². The summed E-state index contributed by atoms with van der Waals surface area (Å²) >= 11 is 0. The molecular weight excluding hydrogens is 328 g/mol. The van der Waals surface area contributed by atoms with E-state index in [4.69, 9.17) is 5.10 Å². The largest absolute Gasteiger partial charge is 0.355 e. The third-order valence-electron chi connectivity index (χ3n) is 4.88. The van der Waals surface area contributed by atoms with E-state index in [9.17, 15) is 0 Å². The van der Waals surface area contributed by atoms with E-state index in [2.05, 4.69) is 25.4 Å². The van der Waals surface area contributed by atoms with E-state index in [1.807, 2.05) is 57.9 Å². The Hall–Kier alpha value is -3.29. The van der Waals surface area contributed by atoms with Gasteiger partial charge in [0.2, 0.25) is 0 Å². The second kappa shape index (κ2) is 6.21. The fourth-order valence-electron chi connectivity index (χ4n) is 3.49. The molecule has 1 fully saturated rings. The van der Waals surface area contributed by atoms with Crippen molar-refractivity contribution >= 4 is 11.5 Å². The van der Waals surface area contributed by atoms with Crippen LogP contribution in [0, 0.1) is 0 Å². The Balaban J connectivity index is 1.42. The quantitative estimate of drug-likeness (QED) is 0.566. The van der Waals surface area contributed by atoms with Gasteiger partial charge in [0.05, 0.1) is 12.2 Å². The van der Waals surface area contributed by atoms with Crippen molar-refractivity contribution in [3.8, 4) is 11.4 Å². The molecule has 0 saturated carbocycles. The Bertz CT molecular complexity index is 1000. The van der Waals surface area contributed by atoms with E-state index in [0.717, 1.165) is 48.8 Å². The van der Waals surface area contributed by atoms with E-state index in [1.165, 1.54) is 0 Å². The van der Waals surface area contributed by atoms with E-state index in [0.29, 0.717) is 6.04 Å². The smallest absolute Gasteiger partial charge is 0.185 e. The van der Waals surface area contributed by atoms with Crippen LogP contribution in [0.4, 0.5) is 5.82 Å². The van der Waals surface area contributed by atoms with Gasteiger partial charge in [-0.05, 0) is 25.0 Å². The molecule has 8 nitrogen and oxygen atoms in total. The number of aromatic nitrogens is 7. The normalized spacial score (nSPS) is 15.6. The first kappa shape index (κ1) is 15.0. The summed E-state index contributed by atoms with van der Waals surface area (Å²) in [7, 11) is 0. The maximum Gasteiger partial charge on any atom is 0.185 e. The summed E-state index contributed by atoms with van der Waals surface area (Å²) in [6.07, 6.45) is 5.72. The number of hydrogen-bond donors (Lipinski definition) is 0. The van der Waals surface area contributed by atoms with Crippen LogP contribution in [0.2, 0.25) is 0 Å². The highest BCUT2D eigenvalue weighted by Gasteiger charge is 2.22. The van der Waals surface area contributed by atoms with Crippen molar-refractivity contribution in [3.63, 3.8) is 0 Å². The fraction of sp³-hybridized carbons (Fsp3) is 0.278. The molecule has 0 atom stereocenters.